The highest BCUT2D eigenvalue weighted by Crippen LogP contribution is 2.36. The molecule has 1 aliphatic heterocycles. The van der Waals surface area contributed by atoms with Crippen molar-refractivity contribution in [2.45, 2.75) is 13.8 Å². The highest BCUT2D eigenvalue weighted by atomic mass is 16.5. The Morgan fingerprint density at radius 3 is 2.33 bits per heavy atom. The first kappa shape index (κ1) is 18.1. The number of hydrogen-bond acceptors (Lipinski definition) is 5. The van der Waals surface area contributed by atoms with Crippen LogP contribution in [0.5, 0.6) is 5.75 Å². The Morgan fingerprint density at radius 1 is 0.900 bits per heavy atom. The number of nitrogens with zero attached hydrogens (tertiary/aromatic N) is 4. The molecule has 5 rings (SSSR count). The molecule has 2 aromatic carbocycles. The van der Waals surface area contributed by atoms with Crippen molar-refractivity contribution in [3.05, 3.63) is 77.1 Å². The molecular weight excluding hydrogens is 380 g/mol. The number of ether oxygens (including phenoxy) is 1. The maximum absolute atomic E-state index is 13.4. The molecule has 0 bridgehead atoms. The van der Waals surface area contributed by atoms with Gasteiger partial charge < -0.3 is 4.74 Å². The molecule has 0 radical (unpaired) electrons. The summed E-state index contributed by atoms with van der Waals surface area (Å²) in [5, 5.41) is 5.19. The number of amides is 2. The normalized spacial score (nSPS) is 13.2. The molecule has 0 spiro atoms. The van der Waals surface area contributed by atoms with Crippen molar-refractivity contribution in [2.24, 2.45) is 0 Å². The van der Waals surface area contributed by atoms with Crippen LogP contribution in [0.3, 0.4) is 0 Å². The molecule has 2 amide bonds. The average molecular weight is 398 g/mol. The SMILES string of the molecule is COc1ccccc1-n1nc(C)c2c3c(cnc21)C(=O)N(c1ccccc1C)C3=O. The molecule has 148 valence electrons. The molecule has 0 saturated carbocycles. The fourth-order valence-electron chi connectivity index (χ4n) is 3.97. The number of anilines is 1. The van der Waals surface area contributed by atoms with Crippen LogP contribution < -0.4 is 9.64 Å². The van der Waals surface area contributed by atoms with E-state index in [2.05, 4.69) is 10.1 Å². The van der Waals surface area contributed by atoms with Crippen LogP contribution in [0.25, 0.3) is 16.7 Å². The van der Waals surface area contributed by atoms with Crippen LogP contribution in [0.15, 0.2) is 54.7 Å². The van der Waals surface area contributed by atoms with Crippen LogP contribution in [0, 0.1) is 13.8 Å². The van der Waals surface area contributed by atoms with E-state index >= 15 is 0 Å². The summed E-state index contributed by atoms with van der Waals surface area (Å²) in [6, 6.07) is 14.8. The predicted molar refractivity (Wildman–Crippen MR) is 112 cm³/mol. The number of para-hydroxylation sites is 3. The summed E-state index contributed by atoms with van der Waals surface area (Å²) in [5.74, 6) is -0.101. The second-order valence-corrected chi connectivity index (χ2v) is 7.15. The number of aromatic nitrogens is 3. The second kappa shape index (κ2) is 6.52. The van der Waals surface area contributed by atoms with Gasteiger partial charge in [-0.1, -0.05) is 30.3 Å². The molecule has 7 nitrogen and oxygen atoms in total. The van der Waals surface area contributed by atoms with Crippen molar-refractivity contribution in [1.82, 2.24) is 14.8 Å². The van der Waals surface area contributed by atoms with Gasteiger partial charge in [0, 0.05) is 6.20 Å². The minimum atomic E-state index is -0.372. The lowest BCUT2D eigenvalue weighted by Gasteiger charge is -2.16. The van der Waals surface area contributed by atoms with Gasteiger partial charge in [0.15, 0.2) is 5.65 Å². The fourth-order valence-corrected chi connectivity index (χ4v) is 3.97. The maximum atomic E-state index is 13.4. The van der Waals surface area contributed by atoms with E-state index in [0.29, 0.717) is 45.0 Å². The van der Waals surface area contributed by atoms with Crippen LogP contribution in [-0.4, -0.2) is 33.7 Å². The van der Waals surface area contributed by atoms with Crippen LogP contribution in [0.2, 0.25) is 0 Å². The summed E-state index contributed by atoms with van der Waals surface area (Å²) in [6.45, 7) is 3.68. The molecule has 30 heavy (non-hydrogen) atoms. The Bertz CT molecular complexity index is 1360. The number of pyridine rings is 1. The van der Waals surface area contributed by atoms with Crippen LogP contribution >= 0.6 is 0 Å². The van der Waals surface area contributed by atoms with Gasteiger partial charge in [-0.3, -0.25) is 9.59 Å². The summed E-state index contributed by atoms with van der Waals surface area (Å²) in [4.78, 5) is 32.2. The quantitative estimate of drug-likeness (QED) is 0.490. The Balaban J connectivity index is 1.75. The van der Waals surface area contributed by atoms with Crippen molar-refractivity contribution in [3.8, 4) is 11.4 Å². The van der Waals surface area contributed by atoms with Crippen LogP contribution in [0.4, 0.5) is 5.69 Å². The molecular formula is C23H18N4O3. The minimum absolute atomic E-state index is 0.290. The third-order valence-corrected chi connectivity index (χ3v) is 5.39. The molecule has 2 aromatic heterocycles. The number of hydrogen-bond donors (Lipinski definition) is 0. The number of carbonyl (C=O) groups excluding carboxylic acids is 2. The van der Waals surface area contributed by atoms with Gasteiger partial charge in [-0.25, -0.2) is 14.6 Å². The van der Waals surface area contributed by atoms with Gasteiger partial charge >= 0.3 is 0 Å². The maximum Gasteiger partial charge on any atom is 0.267 e. The minimum Gasteiger partial charge on any atom is -0.494 e. The monoisotopic (exact) mass is 398 g/mol. The van der Waals surface area contributed by atoms with Crippen LogP contribution in [-0.2, 0) is 0 Å². The zero-order valence-corrected chi connectivity index (χ0v) is 16.7. The van der Waals surface area contributed by atoms with E-state index < -0.39 is 0 Å². The fraction of sp³-hybridized carbons (Fsp3) is 0.130. The molecule has 3 heterocycles. The van der Waals surface area contributed by atoms with Gasteiger partial charge in [-0.2, -0.15) is 5.10 Å². The van der Waals surface area contributed by atoms with Crippen molar-refractivity contribution in [1.29, 1.82) is 0 Å². The second-order valence-electron chi connectivity index (χ2n) is 7.15. The summed E-state index contributed by atoms with van der Waals surface area (Å²) in [7, 11) is 1.59. The first-order valence-corrected chi connectivity index (χ1v) is 9.49. The van der Waals surface area contributed by atoms with E-state index in [1.165, 1.54) is 11.1 Å². The smallest absolute Gasteiger partial charge is 0.267 e. The number of imide groups is 1. The summed E-state index contributed by atoms with van der Waals surface area (Å²) in [5.41, 5.74) is 3.88. The van der Waals surface area contributed by atoms with Gasteiger partial charge in [0.2, 0.25) is 0 Å². The number of aryl methyl sites for hydroxylation is 2. The number of rotatable bonds is 3. The topological polar surface area (TPSA) is 77.3 Å². The van der Waals surface area contributed by atoms with Crippen molar-refractivity contribution >= 4 is 28.5 Å². The highest BCUT2D eigenvalue weighted by Gasteiger charge is 2.40. The lowest BCUT2D eigenvalue weighted by atomic mass is 10.1. The van der Waals surface area contributed by atoms with Crippen molar-refractivity contribution in [2.75, 3.05) is 12.0 Å². The first-order chi connectivity index (χ1) is 14.5. The Morgan fingerprint density at radius 2 is 1.60 bits per heavy atom. The Kier molecular flexibility index (Phi) is 3.92. The number of methoxy groups -OCH3 is 1. The summed E-state index contributed by atoms with van der Waals surface area (Å²) >= 11 is 0. The van der Waals surface area contributed by atoms with Gasteiger partial charge in [-0.05, 0) is 37.6 Å². The van der Waals surface area contributed by atoms with Crippen molar-refractivity contribution < 1.29 is 14.3 Å². The molecule has 0 fully saturated rings. The molecule has 0 atom stereocenters. The van der Waals surface area contributed by atoms with Gasteiger partial charge in [-0.15, -0.1) is 0 Å². The van der Waals surface area contributed by atoms with E-state index in [0.717, 1.165) is 5.56 Å². The highest BCUT2D eigenvalue weighted by molar-refractivity contribution is 6.37. The Labute approximate surface area is 172 Å². The lowest BCUT2D eigenvalue weighted by molar-refractivity contribution is 0.0926. The number of carbonyl (C=O) groups is 2. The van der Waals surface area contributed by atoms with E-state index in [-0.39, 0.29) is 11.8 Å². The van der Waals surface area contributed by atoms with E-state index in [9.17, 15) is 9.59 Å². The Hall–Kier alpha value is -4.00. The molecule has 0 saturated heterocycles. The van der Waals surface area contributed by atoms with Crippen molar-refractivity contribution in [3.63, 3.8) is 0 Å². The van der Waals surface area contributed by atoms with E-state index in [4.69, 9.17) is 4.74 Å². The molecule has 0 unspecified atom stereocenters. The average Bonchev–Trinajstić information content (AvgIpc) is 3.22. The van der Waals surface area contributed by atoms with E-state index in [1.54, 1.807) is 17.9 Å². The van der Waals surface area contributed by atoms with Gasteiger partial charge in [0.1, 0.15) is 11.4 Å². The molecule has 4 aromatic rings. The predicted octanol–water partition coefficient (Wildman–Crippen LogP) is 3.85. The molecule has 0 aliphatic carbocycles. The van der Waals surface area contributed by atoms with E-state index in [1.807, 2.05) is 56.3 Å². The molecule has 7 heteroatoms. The van der Waals surface area contributed by atoms with Gasteiger partial charge in [0.25, 0.3) is 11.8 Å². The largest absolute Gasteiger partial charge is 0.494 e. The third kappa shape index (κ3) is 2.38. The number of fused-ring (bicyclic) bond motifs is 3. The standard InChI is InChI=1S/C23H18N4O3/c1-13-8-4-5-9-16(13)26-22(28)15-12-24-21-19(20(15)23(26)29)14(2)25-27(21)17-10-6-7-11-18(17)30-3/h4-12H,1-3H3. The summed E-state index contributed by atoms with van der Waals surface area (Å²) in [6.07, 6.45) is 1.46. The molecule has 0 N–H and O–H groups in total. The number of benzene rings is 2. The molecule has 1 aliphatic rings. The zero-order chi connectivity index (χ0) is 21.0. The lowest BCUT2D eigenvalue weighted by Crippen LogP contribution is -2.30. The first-order valence-electron chi connectivity index (χ1n) is 9.49. The third-order valence-electron chi connectivity index (χ3n) is 5.39. The van der Waals surface area contributed by atoms with Crippen LogP contribution in [0.1, 0.15) is 32.0 Å². The summed E-state index contributed by atoms with van der Waals surface area (Å²) < 4.78 is 7.11. The van der Waals surface area contributed by atoms with Gasteiger partial charge in [0.05, 0.1) is 35.0 Å². The zero-order valence-electron chi connectivity index (χ0n) is 16.7.